The summed E-state index contributed by atoms with van der Waals surface area (Å²) in [7, 11) is 3.01. The van der Waals surface area contributed by atoms with Crippen molar-refractivity contribution in [3.05, 3.63) is 23.5 Å². The molecule has 0 unspecified atom stereocenters. The van der Waals surface area contributed by atoms with Crippen LogP contribution in [0, 0.1) is 0 Å². The van der Waals surface area contributed by atoms with Crippen LogP contribution in [0.2, 0.25) is 0 Å². The molecule has 1 aromatic rings. The van der Waals surface area contributed by atoms with Crippen LogP contribution in [-0.2, 0) is 11.8 Å². The van der Waals surface area contributed by atoms with Gasteiger partial charge in [-0.3, -0.25) is 4.68 Å². The highest BCUT2D eigenvalue weighted by atomic mass is 16.5. The minimum Gasteiger partial charge on any atom is -0.464 e. The molecule has 0 saturated heterocycles. The highest BCUT2D eigenvalue weighted by Crippen LogP contribution is 2.09. The van der Waals surface area contributed by atoms with Crippen LogP contribution < -0.4 is 0 Å². The number of carbonyl (C=O) groups excluding carboxylic acids is 1. The molecule has 0 amide bonds. The quantitative estimate of drug-likeness (QED) is 0.702. The van der Waals surface area contributed by atoms with Gasteiger partial charge in [0.1, 0.15) is 0 Å². The monoisotopic (exact) mass is 196 g/mol. The number of rotatable bonds is 3. The Morgan fingerprint density at radius 2 is 2.50 bits per heavy atom. The number of hydrogen-bond donors (Lipinski definition) is 1. The van der Waals surface area contributed by atoms with Gasteiger partial charge in [-0.15, -0.1) is 0 Å². The molecule has 1 N–H and O–H groups in total. The summed E-state index contributed by atoms with van der Waals surface area (Å²) in [5, 5.41) is 12.5. The first-order chi connectivity index (χ1) is 6.69. The number of aromatic nitrogens is 2. The summed E-state index contributed by atoms with van der Waals surface area (Å²) in [5.74, 6) is -0.483. The molecule has 76 valence electrons. The van der Waals surface area contributed by atoms with Crippen LogP contribution >= 0.6 is 0 Å². The number of hydrogen-bond acceptors (Lipinski definition) is 4. The Balaban J connectivity index is 3.02. The third-order valence-corrected chi connectivity index (χ3v) is 1.64. The van der Waals surface area contributed by atoms with Crippen LogP contribution in [0.25, 0.3) is 6.08 Å². The van der Waals surface area contributed by atoms with Gasteiger partial charge in [0.05, 0.1) is 13.7 Å². The van der Waals surface area contributed by atoms with Gasteiger partial charge in [-0.05, 0) is 0 Å². The molecule has 1 rings (SSSR count). The zero-order chi connectivity index (χ0) is 10.6. The fourth-order valence-electron chi connectivity index (χ4n) is 1.06. The molecule has 0 aromatic carbocycles. The normalized spacial score (nSPS) is 10.8. The summed E-state index contributed by atoms with van der Waals surface area (Å²) >= 11 is 0. The summed E-state index contributed by atoms with van der Waals surface area (Å²) in [6.07, 6.45) is 4.83. The molecular formula is C9H12N2O3. The van der Waals surface area contributed by atoms with Gasteiger partial charge in [0.15, 0.2) is 5.69 Å². The Hall–Kier alpha value is -1.62. The number of esters is 1. The van der Waals surface area contributed by atoms with Crippen molar-refractivity contribution in [1.29, 1.82) is 0 Å². The zero-order valence-corrected chi connectivity index (χ0v) is 8.10. The number of ether oxygens (including phenoxy) is 1. The largest absolute Gasteiger partial charge is 0.464 e. The second-order valence-electron chi connectivity index (χ2n) is 2.68. The molecule has 0 spiro atoms. The highest BCUT2D eigenvalue weighted by molar-refractivity contribution is 5.91. The fourth-order valence-corrected chi connectivity index (χ4v) is 1.06. The lowest BCUT2D eigenvalue weighted by atomic mass is 10.2. The van der Waals surface area contributed by atoms with E-state index in [9.17, 15) is 4.79 Å². The Morgan fingerprint density at radius 3 is 3.07 bits per heavy atom. The summed E-state index contributed by atoms with van der Waals surface area (Å²) < 4.78 is 6.08. The van der Waals surface area contributed by atoms with E-state index in [4.69, 9.17) is 5.11 Å². The van der Waals surface area contributed by atoms with Gasteiger partial charge in [-0.25, -0.2) is 4.79 Å². The van der Waals surface area contributed by atoms with Crippen LogP contribution in [-0.4, -0.2) is 34.6 Å². The van der Waals surface area contributed by atoms with Crippen LogP contribution in [0.15, 0.2) is 12.3 Å². The van der Waals surface area contributed by atoms with E-state index in [1.54, 1.807) is 19.3 Å². The predicted molar refractivity (Wildman–Crippen MR) is 50.7 cm³/mol. The highest BCUT2D eigenvalue weighted by Gasteiger charge is 2.13. The summed E-state index contributed by atoms with van der Waals surface area (Å²) in [4.78, 5) is 11.2. The topological polar surface area (TPSA) is 64.3 Å². The summed E-state index contributed by atoms with van der Waals surface area (Å²) in [6, 6.07) is 0. The molecule has 5 heteroatoms. The van der Waals surface area contributed by atoms with Gasteiger partial charge in [0.25, 0.3) is 0 Å². The van der Waals surface area contributed by atoms with Crippen LogP contribution in [0.3, 0.4) is 0 Å². The van der Waals surface area contributed by atoms with Crippen molar-refractivity contribution in [3.63, 3.8) is 0 Å². The Morgan fingerprint density at radius 1 is 1.79 bits per heavy atom. The number of aliphatic hydroxyl groups excluding tert-OH is 1. The number of aliphatic hydroxyl groups is 1. The zero-order valence-electron chi connectivity index (χ0n) is 8.10. The first kappa shape index (κ1) is 10.5. The molecule has 0 aliphatic carbocycles. The standard InChI is InChI=1S/C9H12N2O3/c1-11-6-7(4-3-5-12)8(10-11)9(13)14-2/h3-4,6,12H,5H2,1-2H3/b4-3+. The van der Waals surface area contributed by atoms with E-state index >= 15 is 0 Å². The van der Waals surface area contributed by atoms with Gasteiger partial charge in [-0.2, -0.15) is 5.10 Å². The van der Waals surface area contributed by atoms with Gasteiger partial charge in [0.2, 0.25) is 0 Å². The van der Waals surface area contributed by atoms with Crippen molar-refractivity contribution in [2.75, 3.05) is 13.7 Å². The molecule has 1 heterocycles. The molecule has 5 nitrogen and oxygen atoms in total. The Labute approximate surface area is 81.6 Å². The van der Waals surface area contributed by atoms with E-state index in [1.807, 2.05) is 0 Å². The molecule has 0 atom stereocenters. The Kier molecular flexibility index (Phi) is 3.41. The first-order valence-corrected chi connectivity index (χ1v) is 4.08. The van der Waals surface area contributed by atoms with Crippen molar-refractivity contribution in [2.45, 2.75) is 0 Å². The van der Waals surface area contributed by atoms with Crippen LogP contribution in [0.5, 0.6) is 0 Å². The van der Waals surface area contributed by atoms with Crippen molar-refractivity contribution < 1.29 is 14.6 Å². The minimum absolute atomic E-state index is 0.0739. The second kappa shape index (κ2) is 4.57. The van der Waals surface area contributed by atoms with E-state index in [0.717, 1.165) is 0 Å². The number of carbonyl (C=O) groups is 1. The molecule has 0 radical (unpaired) electrons. The number of aryl methyl sites for hydroxylation is 1. The fraction of sp³-hybridized carbons (Fsp3) is 0.333. The molecule has 0 aliphatic rings. The van der Waals surface area contributed by atoms with E-state index < -0.39 is 5.97 Å². The second-order valence-corrected chi connectivity index (χ2v) is 2.68. The van der Waals surface area contributed by atoms with Gasteiger partial charge in [0, 0.05) is 18.8 Å². The average molecular weight is 196 g/mol. The van der Waals surface area contributed by atoms with Crippen LogP contribution in [0.4, 0.5) is 0 Å². The van der Waals surface area contributed by atoms with Gasteiger partial charge < -0.3 is 9.84 Å². The minimum atomic E-state index is -0.483. The first-order valence-electron chi connectivity index (χ1n) is 4.08. The van der Waals surface area contributed by atoms with Crippen molar-refractivity contribution in [2.24, 2.45) is 7.05 Å². The smallest absolute Gasteiger partial charge is 0.359 e. The third kappa shape index (κ3) is 2.20. The lowest BCUT2D eigenvalue weighted by Gasteiger charge is -1.94. The SMILES string of the molecule is COC(=O)c1nn(C)cc1/C=C/CO. The Bertz CT molecular complexity index is 355. The van der Waals surface area contributed by atoms with Gasteiger partial charge in [-0.1, -0.05) is 12.2 Å². The molecular weight excluding hydrogens is 184 g/mol. The molecule has 0 fully saturated rings. The maximum atomic E-state index is 11.2. The van der Waals surface area contributed by atoms with Gasteiger partial charge >= 0.3 is 5.97 Å². The number of nitrogens with zero attached hydrogens (tertiary/aromatic N) is 2. The molecule has 14 heavy (non-hydrogen) atoms. The lowest BCUT2D eigenvalue weighted by molar-refractivity contribution is 0.0593. The van der Waals surface area contributed by atoms with Crippen LogP contribution in [0.1, 0.15) is 16.1 Å². The molecule has 0 saturated carbocycles. The maximum absolute atomic E-state index is 11.2. The maximum Gasteiger partial charge on any atom is 0.359 e. The number of methoxy groups -OCH3 is 1. The average Bonchev–Trinajstić information content (AvgIpc) is 2.55. The molecule has 0 aliphatic heterocycles. The van der Waals surface area contributed by atoms with Crippen molar-refractivity contribution in [1.82, 2.24) is 9.78 Å². The van der Waals surface area contributed by atoms with Crippen molar-refractivity contribution in [3.8, 4) is 0 Å². The predicted octanol–water partition coefficient (Wildman–Crippen LogP) is 0.212. The van der Waals surface area contributed by atoms with E-state index in [1.165, 1.54) is 17.9 Å². The van der Waals surface area contributed by atoms with E-state index in [-0.39, 0.29) is 12.3 Å². The summed E-state index contributed by atoms with van der Waals surface area (Å²) in [5.41, 5.74) is 0.883. The summed E-state index contributed by atoms with van der Waals surface area (Å²) in [6.45, 7) is -0.0739. The third-order valence-electron chi connectivity index (χ3n) is 1.64. The molecule has 1 aromatic heterocycles. The van der Waals surface area contributed by atoms with E-state index in [0.29, 0.717) is 5.56 Å². The lowest BCUT2D eigenvalue weighted by Crippen LogP contribution is -2.04. The van der Waals surface area contributed by atoms with Crippen molar-refractivity contribution >= 4 is 12.0 Å². The molecule has 0 bridgehead atoms. The van der Waals surface area contributed by atoms with E-state index in [2.05, 4.69) is 9.84 Å².